The number of carbonyl (C=O) groups is 2. The second kappa shape index (κ2) is 8.77. The number of para-hydroxylation sites is 2. The van der Waals surface area contributed by atoms with Crippen molar-refractivity contribution in [3.05, 3.63) is 40.8 Å². The molecule has 0 saturated carbocycles. The van der Waals surface area contributed by atoms with Gasteiger partial charge in [0.1, 0.15) is 6.54 Å². The van der Waals surface area contributed by atoms with E-state index in [2.05, 4.69) is 15.2 Å². The molecular weight excluding hydrogens is 346 g/mol. The van der Waals surface area contributed by atoms with Crippen LogP contribution in [-0.4, -0.2) is 70.4 Å². The van der Waals surface area contributed by atoms with E-state index in [0.717, 1.165) is 13.0 Å². The van der Waals surface area contributed by atoms with Crippen LogP contribution in [0.5, 0.6) is 0 Å². The summed E-state index contributed by atoms with van der Waals surface area (Å²) in [5, 5.41) is 2.80. The average molecular weight is 371 g/mol. The molecule has 0 spiro atoms. The number of benzene rings is 1. The third-order valence-electron chi connectivity index (χ3n) is 4.73. The summed E-state index contributed by atoms with van der Waals surface area (Å²) in [5.41, 5.74) is 1.06. The van der Waals surface area contributed by atoms with Crippen molar-refractivity contribution in [2.24, 2.45) is 0 Å². The molecule has 1 fully saturated rings. The zero-order valence-corrected chi connectivity index (χ0v) is 15.6. The second-order valence-electron chi connectivity index (χ2n) is 6.64. The molecule has 0 atom stereocenters. The molecule has 1 N–H and O–H groups in total. The topological polar surface area (TPSA) is 87.5 Å². The first-order chi connectivity index (χ1) is 13.1. The van der Waals surface area contributed by atoms with Crippen LogP contribution in [0.3, 0.4) is 0 Å². The molecule has 0 radical (unpaired) electrons. The Balaban J connectivity index is 1.66. The fourth-order valence-electron chi connectivity index (χ4n) is 3.35. The molecule has 2 amide bonds. The lowest BCUT2D eigenvalue weighted by atomic mass is 10.3. The number of likely N-dealkylation sites (N-methyl/N-ethyl adjacent to an activating group) is 1. The fraction of sp³-hybridized carbons (Fsp3) is 0.474. The van der Waals surface area contributed by atoms with Crippen LogP contribution < -0.4 is 10.9 Å². The molecule has 8 nitrogen and oxygen atoms in total. The lowest BCUT2D eigenvalue weighted by molar-refractivity contribution is -0.131. The maximum atomic E-state index is 12.8. The quantitative estimate of drug-likeness (QED) is 0.804. The van der Waals surface area contributed by atoms with E-state index in [1.165, 1.54) is 10.8 Å². The Morgan fingerprint density at radius 2 is 1.93 bits per heavy atom. The minimum atomic E-state index is -0.283. The normalized spacial score (nSPS) is 15.5. The predicted octanol–water partition coefficient (Wildman–Crippen LogP) is 0.0669. The van der Waals surface area contributed by atoms with Crippen LogP contribution in [0, 0.1) is 0 Å². The van der Waals surface area contributed by atoms with Gasteiger partial charge in [0.2, 0.25) is 11.8 Å². The summed E-state index contributed by atoms with van der Waals surface area (Å²) < 4.78 is 1.47. The zero-order chi connectivity index (χ0) is 19.2. The van der Waals surface area contributed by atoms with Crippen molar-refractivity contribution in [1.82, 2.24) is 24.7 Å². The van der Waals surface area contributed by atoms with E-state index >= 15 is 0 Å². The number of nitrogens with zero attached hydrogens (tertiary/aromatic N) is 4. The molecule has 144 valence electrons. The number of hydrogen-bond acceptors (Lipinski definition) is 5. The molecule has 27 heavy (non-hydrogen) atoms. The fourth-order valence-corrected chi connectivity index (χ4v) is 3.35. The standard InChI is InChI=1S/C19H25N5O3/c1-2-20-17(25)13-22-8-5-9-23(11-10-22)19(27)14-24-16-7-4-3-6-15(16)21-12-18(24)26/h3-4,6-7,12H,2,5,8-11,13-14H2,1H3,(H,20,25). The van der Waals surface area contributed by atoms with Gasteiger partial charge < -0.3 is 10.2 Å². The summed E-state index contributed by atoms with van der Waals surface area (Å²) in [6, 6.07) is 7.30. The van der Waals surface area contributed by atoms with Gasteiger partial charge in [0, 0.05) is 32.7 Å². The summed E-state index contributed by atoms with van der Waals surface area (Å²) in [6.45, 7) is 5.46. The largest absolute Gasteiger partial charge is 0.355 e. The first-order valence-electron chi connectivity index (χ1n) is 9.30. The summed E-state index contributed by atoms with van der Waals surface area (Å²) >= 11 is 0. The molecule has 1 aromatic carbocycles. The Labute approximate surface area is 157 Å². The lowest BCUT2D eigenvalue weighted by Crippen LogP contribution is -2.41. The van der Waals surface area contributed by atoms with Crippen LogP contribution in [-0.2, 0) is 16.1 Å². The third-order valence-corrected chi connectivity index (χ3v) is 4.73. The second-order valence-corrected chi connectivity index (χ2v) is 6.64. The SMILES string of the molecule is CCNC(=O)CN1CCCN(C(=O)Cn2c(=O)cnc3ccccc32)CC1. The van der Waals surface area contributed by atoms with E-state index in [-0.39, 0.29) is 23.9 Å². The van der Waals surface area contributed by atoms with Crippen molar-refractivity contribution in [2.45, 2.75) is 19.9 Å². The Morgan fingerprint density at radius 3 is 2.74 bits per heavy atom. The predicted molar refractivity (Wildman–Crippen MR) is 102 cm³/mol. The van der Waals surface area contributed by atoms with Crippen molar-refractivity contribution in [3.8, 4) is 0 Å². The molecule has 2 heterocycles. The number of hydrogen-bond donors (Lipinski definition) is 1. The number of aromatic nitrogens is 2. The number of carbonyl (C=O) groups excluding carboxylic acids is 2. The van der Waals surface area contributed by atoms with Crippen LogP contribution in [0.1, 0.15) is 13.3 Å². The van der Waals surface area contributed by atoms with E-state index in [0.29, 0.717) is 43.8 Å². The Morgan fingerprint density at radius 1 is 1.11 bits per heavy atom. The van der Waals surface area contributed by atoms with Gasteiger partial charge in [-0.1, -0.05) is 12.1 Å². The molecular formula is C19H25N5O3. The minimum Gasteiger partial charge on any atom is -0.355 e. The van der Waals surface area contributed by atoms with Crippen molar-refractivity contribution < 1.29 is 9.59 Å². The van der Waals surface area contributed by atoms with E-state index in [9.17, 15) is 14.4 Å². The highest BCUT2D eigenvalue weighted by molar-refractivity contribution is 5.80. The van der Waals surface area contributed by atoms with Crippen LogP contribution in [0.15, 0.2) is 35.3 Å². The lowest BCUT2D eigenvalue weighted by Gasteiger charge is -2.22. The first kappa shape index (κ1) is 19.0. The molecule has 1 saturated heterocycles. The molecule has 1 aliphatic heterocycles. The maximum Gasteiger partial charge on any atom is 0.269 e. The molecule has 2 aromatic rings. The maximum absolute atomic E-state index is 12.8. The summed E-state index contributed by atoms with van der Waals surface area (Å²) in [5.74, 6) is -0.0830. The highest BCUT2D eigenvalue weighted by Gasteiger charge is 2.21. The third kappa shape index (κ3) is 4.71. The smallest absolute Gasteiger partial charge is 0.269 e. The van der Waals surface area contributed by atoms with E-state index in [1.807, 2.05) is 25.1 Å². The highest BCUT2D eigenvalue weighted by atomic mass is 16.2. The average Bonchev–Trinajstić information content (AvgIpc) is 2.90. The van der Waals surface area contributed by atoms with Gasteiger partial charge in [-0.2, -0.15) is 0 Å². The number of rotatable bonds is 5. The molecule has 0 aliphatic carbocycles. The van der Waals surface area contributed by atoms with Gasteiger partial charge in [0.15, 0.2) is 0 Å². The molecule has 3 rings (SSSR count). The minimum absolute atomic E-state index is 0.00180. The van der Waals surface area contributed by atoms with Gasteiger partial charge >= 0.3 is 0 Å². The van der Waals surface area contributed by atoms with E-state index < -0.39 is 0 Å². The van der Waals surface area contributed by atoms with Gasteiger partial charge in [-0.3, -0.25) is 23.9 Å². The van der Waals surface area contributed by atoms with Crippen molar-refractivity contribution in [2.75, 3.05) is 39.3 Å². The monoisotopic (exact) mass is 371 g/mol. The van der Waals surface area contributed by atoms with Gasteiger partial charge in [-0.05, 0) is 25.5 Å². The van der Waals surface area contributed by atoms with Crippen LogP contribution in [0.2, 0.25) is 0 Å². The van der Waals surface area contributed by atoms with Crippen LogP contribution in [0.25, 0.3) is 11.0 Å². The van der Waals surface area contributed by atoms with Crippen molar-refractivity contribution >= 4 is 22.8 Å². The van der Waals surface area contributed by atoms with Crippen LogP contribution >= 0.6 is 0 Å². The van der Waals surface area contributed by atoms with Crippen LogP contribution in [0.4, 0.5) is 0 Å². The molecule has 8 heteroatoms. The van der Waals surface area contributed by atoms with Crippen molar-refractivity contribution in [1.29, 1.82) is 0 Å². The number of amides is 2. The van der Waals surface area contributed by atoms with E-state index in [4.69, 9.17) is 0 Å². The van der Waals surface area contributed by atoms with Gasteiger partial charge in [0.25, 0.3) is 5.56 Å². The first-order valence-corrected chi connectivity index (χ1v) is 9.30. The Hall–Kier alpha value is -2.74. The molecule has 0 bridgehead atoms. The van der Waals surface area contributed by atoms with Gasteiger partial charge in [0.05, 0.1) is 23.8 Å². The summed E-state index contributed by atoms with van der Waals surface area (Å²) in [7, 11) is 0. The van der Waals surface area contributed by atoms with Gasteiger partial charge in [-0.25, -0.2) is 4.98 Å². The summed E-state index contributed by atoms with van der Waals surface area (Å²) in [6.07, 6.45) is 2.06. The summed E-state index contributed by atoms with van der Waals surface area (Å²) in [4.78, 5) is 44.8. The van der Waals surface area contributed by atoms with Gasteiger partial charge in [-0.15, -0.1) is 0 Å². The molecule has 0 unspecified atom stereocenters. The van der Waals surface area contributed by atoms with Crippen molar-refractivity contribution in [3.63, 3.8) is 0 Å². The molecule has 1 aromatic heterocycles. The number of fused-ring (bicyclic) bond motifs is 1. The number of nitrogens with one attached hydrogen (secondary N) is 1. The molecule has 1 aliphatic rings. The zero-order valence-electron chi connectivity index (χ0n) is 15.6. The van der Waals surface area contributed by atoms with E-state index in [1.54, 1.807) is 11.0 Å². The highest BCUT2D eigenvalue weighted by Crippen LogP contribution is 2.10. The Bertz CT molecular complexity index is 879. The Kier molecular flexibility index (Phi) is 6.18.